The molecule has 29 heteroatoms. The minimum atomic E-state index is -1.69. The number of nitrogens with zero attached hydrogens (tertiary/aromatic N) is 2. The lowest BCUT2D eigenvalue weighted by Gasteiger charge is -2.41. The molecule has 29 nitrogen and oxygen atoms in total. The van der Waals surface area contributed by atoms with Crippen LogP contribution in [0.4, 0.5) is 0 Å². The molecule has 440 valence electrons. The highest BCUT2D eigenvalue weighted by molar-refractivity contribution is 6.00. The van der Waals surface area contributed by atoms with E-state index in [-0.39, 0.29) is 101 Å². The maximum atomic E-state index is 15.4. The second-order valence-electron chi connectivity index (χ2n) is 20.1. The molecule has 2 saturated heterocycles. The summed E-state index contributed by atoms with van der Waals surface area (Å²) in [5.74, 6) is -8.94. The molecule has 2 aromatic carbocycles. The highest BCUT2D eigenvalue weighted by atomic mass is 16.2. The second-order valence-corrected chi connectivity index (χ2v) is 20.1. The van der Waals surface area contributed by atoms with E-state index < -0.39 is 120 Å². The van der Waals surface area contributed by atoms with Gasteiger partial charge in [0.2, 0.25) is 59.1 Å². The Morgan fingerprint density at radius 1 is 0.744 bits per heavy atom. The molecule has 2 bridgehead atoms. The Hall–Kier alpha value is -9.57. The molecule has 10 amide bonds. The molecule has 4 aromatic rings. The number of hydrogen-bond acceptors (Lipinski definition) is 13. The topological polar surface area (TPSA) is 464 Å². The maximum absolute atomic E-state index is 15.4. The van der Waals surface area contributed by atoms with Gasteiger partial charge in [-0.2, -0.15) is 0 Å². The minimum absolute atomic E-state index is 0.00497. The molecule has 2 aliphatic heterocycles. The van der Waals surface area contributed by atoms with Crippen LogP contribution in [0.3, 0.4) is 0 Å². The Kier molecular flexibility index (Phi) is 22.7. The third-order valence-electron chi connectivity index (χ3n) is 13.8. The lowest BCUT2D eigenvalue weighted by atomic mass is 9.98. The summed E-state index contributed by atoms with van der Waals surface area (Å²) in [5, 5.41) is 42.4. The van der Waals surface area contributed by atoms with E-state index in [1.165, 1.54) is 19.4 Å². The van der Waals surface area contributed by atoms with E-state index in [4.69, 9.17) is 28.0 Å². The Morgan fingerprint density at radius 2 is 1.41 bits per heavy atom. The van der Waals surface area contributed by atoms with E-state index in [0.717, 1.165) is 15.8 Å². The van der Waals surface area contributed by atoms with Crippen molar-refractivity contribution in [2.45, 2.75) is 126 Å². The summed E-state index contributed by atoms with van der Waals surface area (Å²) in [6.45, 7) is 0.968. The first-order chi connectivity index (χ1) is 39.3. The van der Waals surface area contributed by atoms with Crippen LogP contribution in [0.5, 0.6) is 0 Å². The first-order valence-corrected chi connectivity index (χ1v) is 26.9. The Labute approximate surface area is 471 Å². The largest absolute Gasteiger partial charge is 0.370 e. The molecule has 0 radical (unpaired) electrons. The number of aromatic nitrogens is 3. The normalized spacial score (nSPS) is 22.1. The minimum Gasteiger partial charge on any atom is -0.370 e. The van der Waals surface area contributed by atoms with E-state index >= 15 is 4.79 Å². The SMILES string of the molecule is CC(=O)N[C@@H](CCCNC(=N)N)C(=O)N[C@H]1CC(=O)NCCCC[C@@H](C(N)=O)NC(=O)[C@H](Cc2c[nH]c3ccccc23)NC(=O)[C@H]2CN(C(=O)[C@@H](Cc3ccccc3)NC(=O)[C@H](Cc3c[nH]cn3)NC1=O)[C@@H](CCCNC(=N)N)C(=O)N2. The molecular weight excluding hydrogens is 1060 g/mol. The number of imidazole rings is 1. The molecule has 0 saturated carbocycles. The lowest BCUT2D eigenvalue weighted by Crippen LogP contribution is -2.68. The van der Waals surface area contributed by atoms with Crippen LogP contribution in [-0.4, -0.2) is 165 Å². The van der Waals surface area contributed by atoms with Gasteiger partial charge in [-0.3, -0.25) is 58.8 Å². The van der Waals surface area contributed by atoms with Crippen molar-refractivity contribution in [1.29, 1.82) is 10.8 Å². The van der Waals surface area contributed by atoms with Crippen molar-refractivity contribution in [2.75, 3.05) is 26.2 Å². The van der Waals surface area contributed by atoms with Gasteiger partial charge in [0.05, 0.1) is 25.0 Å². The van der Waals surface area contributed by atoms with E-state index in [9.17, 15) is 43.2 Å². The number of carbonyl (C=O) groups excluding carboxylic acids is 10. The fourth-order valence-electron chi connectivity index (χ4n) is 9.64. The fraction of sp³-hybridized carbons (Fsp3) is 0.453. The summed E-state index contributed by atoms with van der Waals surface area (Å²) in [5.41, 5.74) is 18.9. The molecule has 0 spiro atoms. The van der Waals surface area contributed by atoms with Gasteiger partial charge in [-0.05, 0) is 62.1 Å². The number of piperazine rings is 1. The fourth-order valence-corrected chi connectivity index (χ4v) is 9.64. The van der Waals surface area contributed by atoms with Gasteiger partial charge in [0, 0.05) is 69.1 Å². The molecule has 6 rings (SSSR count). The van der Waals surface area contributed by atoms with Gasteiger partial charge in [0.25, 0.3) is 0 Å². The average molecular weight is 1140 g/mol. The average Bonchev–Trinajstić information content (AvgIpc) is 4.26. The van der Waals surface area contributed by atoms with Gasteiger partial charge >= 0.3 is 0 Å². The molecule has 2 fully saturated rings. The number of benzene rings is 2. The Morgan fingerprint density at radius 3 is 2.11 bits per heavy atom. The first-order valence-electron chi connectivity index (χ1n) is 26.9. The molecule has 4 heterocycles. The number of aromatic amines is 2. The highest BCUT2D eigenvalue weighted by Crippen LogP contribution is 2.22. The van der Waals surface area contributed by atoms with Gasteiger partial charge in [-0.15, -0.1) is 0 Å². The van der Waals surface area contributed by atoms with Crippen LogP contribution in [0.15, 0.2) is 73.3 Å². The number of carbonyl (C=O) groups is 10. The van der Waals surface area contributed by atoms with Crippen molar-refractivity contribution in [3.05, 3.63) is 90.1 Å². The molecule has 8 atom stereocenters. The van der Waals surface area contributed by atoms with Crippen LogP contribution >= 0.6 is 0 Å². The van der Waals surface area contributed by atoms with Gasteiger partial charge in [-0.25, -0.2) is 4.98 Å². The van der Waals surface area contributed by atoms with Gasteiger partial charge in [0.1, 0.15) is 48.3 Å². The number of amides is 10. The Bertz CT molecular complexity index is 2940. The standard InChI is InChI=1S/C53H73N19O10/c1-29(73)65-36(16-9-19-61-52(55)56)45(76)69-39-24-43(74)60-18-8-7-15-35(44(54)75)66-46(77)37(22-31-25-63-34-14-6-5-13-33(31)34)67-49(80)41-27-72(42(50(81)71-41)17-10-20-62-53(57)58)51(82)40(21-30-11-3-2-4-12-30)70-47(78)38(68-48(39)79)23-32-26-59-28-64-32/h2-6,11-14,25-26,28,35-42,63H,7-10,15-24,27H2,1H3,(H2,54,75)(H,59,64)(H,60,74)(H,65,73)(H,66,77)(H,67,80)(H,68,79)(H,69,76)(H,70,78)(H,71,81)(H4,55,56,61)(H4,57,58,62)/t35-,36-,37-,38-,39-,40+,41+,42-/m0/s1. The second kappa shape index (κ2) is 30.1. The third-order valence-corrected chi connectivity index (χ3v) is 13.8. The summed E-state index contributed by atoms with van der Waals surface area (Å²) < 4.78 is 0. The lowest BCUT2D eigenvalue weighted by molar-refractivity contribution is -0.150. The number of guanidine groups is 2. The van der Waals surface area contributed by atoms with Crippen LogP contribution in [0.25, 0.3) is 10.9 Å². The van der Waals surface area contributed by atoms with E-state index in [1.54, 1.807) is 42.6 Å². The van der Waals surface area contributed by atoms with Gasteiger partial charge in [0.15, 0.2) is 11.9 Å². The molecular formula is C53H73N19O10. The highest BCUT2D eigenvalue weighted by Gasteiger charge is 2.43. The predicted molar refractivity (Wildman–Crippen MR) is 298 cm³/mol. The molecule has 2 aliphatic rings. The summed E-state index contributed by atoms with van der Waals surface area (Å²) in [6, 6.07) is 4.43. The zero-order valence-corrected chi connectivity index (χ0v) is 45.4. The molecule has 82 heavy (non-hydrogen) atoms. The van der Waals surface area contributed by atoms with E-state index in [1.807, 2.05) is 18.2 Å². The van der Waals surface area contributed by atoms with Crippen molar-refractivity contribution >= 4 is 81.9 Å². The zero-order chi connectivity index (χ0) is 59.3. The van der Waals surface area contributed by atoms with Gasteiger partial charge in [-0.1, -0.05) is 48.5 Å². The van der Waals surface area contributed by atoms with Crippen LogP contribution in [0.2, 0.25) is 0 Å². The summed E-state index contributed by atoms with van der Waals surface area (Å²) >= 11 is 0. The Balaban J connectivity index is 1.40. The molecule has 2 aromatic heterocycles. The van der Waals surface area contributed by atoms with Crippen molar-refractivity contribution in [2.24, 2.45) is 17.2 Å². The number of para-hydroxylation sites is 1. The van der Waals surface area contributed by atoms with E-state index in [0.29, 0.717) is 11.1 Å². The van der Waals surface area contributed by atoms with E-state index in [2.05, 4.69) is 68.1 Å². The van der Waals surface area contributed by atoms with Crippen LogP contribution in [0, 0.1) is 10.8 Å². The van der Waals surface area contributed by atoms with Crippen molar-refractivity contribution in [3.8, 4) is 0 Å². The van der Waals surface area contributed by atoms with Crippen LogP contribution in [0.1, 0.15) is 75.1 Å². The smallest absolute Gasteiger partial charge is 0.246 e. The number of rotatable bonds is 18. The molecule has 0 aliphatic carbocycles. The molecule has 0 unspecified atom stereocenters. The van der Waals surface area contributed by atoms with Crippen molar-refractivity contribution in [3.63, 3.8) is 0 Å². The monoisotopic (exact) mass is 1140 g/mol. The summed E-state index contributed by atoms with van der Waals surface area (Å²) in [7, 11) is 0. The quantitative estimate of drug-likeness (QED) is 0.0259. The predicted octanol–water partition coefficient (Wildman–Crippen LogP) is -3.75. The molecule has 20 N–H and O–H groups in total. The first kappa shape index (κ1) is 61.6. The number of nitrogens with one attached hydrogen (secondary N) is 14. The van der Waals surface area contributed by atoms with Crippen LogP contribution in [-0.2, 0) is 67.2 Å². The van der Waals surface area contributed by atoms with Crippen LogP contribution < -0.4 is 70.4 Å². The third kappa shape index (κ3) is 18.5. The van der Waals surface area contributed by atoms with Gasteiger partial charge < -0.3 is 85.2 Å². The number of hydrogen-bond donors (Lipinski definition) is 17. The zero-order valence-electron chi connectivity index (χ0n) is 45.4. The number of fused-ring (bicyclic) bond motifs is 3. The number of primary amides is 1. The number of H-pyrrole nitrogens is 2. The number of nitrogens with two attached hydrogens (primary N) is 3. The summed E-state index contributed by atoms with van der Waals surface area (Å²) in [6.07, 6.45) is 4.04. The van der Waals surface area contributed by atoms with Crippen molar-refractivity contribution in [1.82, 2.24) is 73.0 Å². The summed E-state index contributed by atoms with van der Waals surface area (Å²) in [4.78, 5) is 153. The van der Waals surface area contributed by atoms with Crippen molar-refractivity contribution < 1.29 is 47.9 Å². The maximum Gasteiger partial charge on any atom is 0.246 e.